The number of halogens is 2. The number of anilines is 1. The first-order valence-corrected chi connectivity index (χ1v) is 8.60. The zero-order chi connectivity index (χ0) is 21.8. The molecular weight excluding hydrogens is 394 g/mol. The Balaban J connectivity index is 3.02. The van der Waals surface area contributed by atoms with Gasteiger partial charge in [-0.25, -0.2) is 4.79 Å². The Morgan fingerprint density at radius 3 is 2.29 bits per heavy atom. The molecule has 2 amide bonds. The molecule has 0 bridgehead atoms. The van der Waals surface area contributed by atoms with Crippen molar-refractivity contribution in [3.8, 4) is 0 Å². The third kappa shape index (κ3) is 5.99. The molecule has 0 radical (unpaired) electrons. The summed E-state index contributed by atoms with van der Waals surface area (Å²) in [5, 5.41) is 15.1. The second-order valence-corrected chi connectivity index (χ2v) is 7.42. The first-order valence-electron chi connectivity index (χ1n) is 8.19. The molecule has 1 rings (SSSR count). The van der Waals surface area contributed by atoms with Gasteiger partial charge >= 0.3 is 17.9 Å². The number of carbonyl (C=O) groups excluding carboxylic acids is 2. The quantitative estimate of drug-likeness (QED) is 0.376. The first-order chi connectivity index (χ1) is 12.7. The van der Waals surface area contributed by atoms with Crippen molar-refractivity contribution in [1.29, 1.82) is 0 Å². The van der Waals surface area contributed by atoms with Crippen LogP contribution in [0.3, 0.4) is 0 Å². The lowest BCUT2D eigenvalue weighted by Gasteiger charge is -2.32. The van der Waals surface area contributed by atoms with Crippen molar-refractivity contribution in [2.45, 2.75) is 44.8 Å². The number of hydrogen-bond donors (Lipinski definition) is 5. The largest absolute Gasteiger partial charge is 0.444 e. The van der Waals surface area contributed by atoms with Crippen molar-refractivity contribution in [2.75, 3.05) is 12.4 Å². The minimum absolute atomic E-state index is 0.0904. The minimum Gasteiger partial charge on any atom is -0.444 e. The molecule has 28 heavy (non-hydrogen) atoms. The van der Waals surface area contributed by atoms with E-state index in [4.69, 9.17) is 4.74 Å². The first kappa shape index (κ1) is 23.5. The predicted molar refractivity (Wildman–Crippen MR) is 104 cm³/mol. The van der Waals surface area contributed by atoms with Gasteiger partial charge in [0, 0.05) is 12.7 Å². The molecule has 8 nitrogen and oxygen atoms in total. The highest BCUT2D eigenvalue weighted by Crippen LogP contribution is 2.38. The number of alkyl halides is 2. The van der Waals surface area contributed by atoms with Crippen LogP contribution in [0.25, 0.3) is 0 Å². The lowest BCUT2D eigenvalue weighted by molar-refractivity contribution is -0.191. The van der Waals surface area contributed by atoms with E-state index in [1.165, 1.54) is 25.2 Å². The van der Waals surface area contributed by atoms with Gasteiger partial charge in [0.25, 0.3) is 0 Å². The Bertz CT molecular complexity index is 751. The van der Waals surface area contributed by atoms with Crippen LogP contribution in [0.15, 0.2) is 24.3 Å². The fraction of sp³-hybridized carbons (Fsp3) is 0.471. The summed E-state index contributed by atoms with van der Waals surface area (Å²) in [5.74, 6) is -6.02. The van der Waals surface area contributed by atoms with Crippen molar-refractivity contribution in [1.82, 2.24) is 16.2 Å². The number of benzene rings is 1. The Kier molecular flexibility index (Phi) is 7.26. The average molecular weight is 418 g/mol. The number of rotatable bonds is 4. The summed E-state index contributed by atoms with van der Waals surface area (Å²) in [4.78, 5) is 23.7. The topological polar surface area (TPSA) is 112 Å². The fourth-order valence-electron chi connectivity index (χ4n) is 1.98. The number of hydrogen-bond acceptors (Lipinski definition) is 5. The second-order valence-electron chi connectivity index (χ2n) is 7.01. The van der Waals surface area contributed by atoms with E-state index >= 15 is 0 Å². The van der Waals surface area contributed by atoms with E-state index in [-0.39, 0.29) is 16.4 Å². The summed E-state index contributed by atoms with van der Waals surface area (Å²) in [6.45, 7) is 5.79. The average Bonchev–Trinajstić information content (AvgIpc) is 2.57. The third-order valence-electron chi connectivity index (χ3n) is 3.48. The summed E-state index contributed by atoms with van der Waals surface area (Å²) >= 11 is 4.68. The standard InChI is InChI=1S/C17H24F2N4O4S/c1-15(2,3)27-14(25)21-11-8-6-7-10(9-11)16(4,26)17(18,19)12(24)22-23-13(28)20-5/h6-9,26H,1-5H3,(H,21,25)(H,22,24)(H2,20,23,28). The normalized spacial score (nSPS) is 13.7. The molecule has 0 aliphatic carbocycles. The molecule has 0 heterocycles. The molecule has 0 saturated heterocycles. The molecule has 0 spiro atoms. The van der Waals surface area contributed by atoms with Crippen LogP contribution in [0.1, 0.15) is 33.3 Å². The van der Waals surface area contributed by atoms with Gasteiger partial charge in [0.05, 0.1) is 0 Å². The Morgan fingerprint density at radius 2 is 1.75 bits per heavy atom. The van der Waals surface area contributed by atoms with Gasteiger partial charge in [0.1, 0.15) is 5.60 Å². The van der Waals surface area contributed by atoms with Crippen LogP contribution >= 0.6 is 12.2 Å². The number of aliphatic hydroxyl groups is 1. The number of thiocarbonyl (C=S) groups is 1. The fourth-order valence-corrected chi connectivity index (χ4v) is 2.03. The molecule has 1 aromatic rings. The Hall–Kier alpha value is -2.53. The molecule has 0 aliphatic heterocycles. The summed E-state index contributed by atoms with van der Waals surface area (Å²) in [5.41, 5.74) is -0.0123. The van der Waals surface area contributed by atoms with Crippen molar-refractivity contribution in [3.05, 3.63) is 29.8 Å². The maximum atomic E-state index is 14.6. The van der Waals surface area contributed by atoms with Gasteiger partial charge in [-0.3, -0.25) is 21.0 Å². The summed E-state index contributed by atoms with van der Waals surface area (Å²) in [6, 6.07) is 5.09. The van der Waals surface area contributed by atoms with Gasteiger partial charge in [0.2, 0.25) is 0 Å². The maximum absolute atomic E-state index is 14.6. The van der Waals surface area contributed by atoms with Gasteiger partial charge in [-0.2, -0.15) is 8.78 Å². The highest BCUT2D eigenvalue weighted by atomic mass is 32.1. The van der Waals surface area contributed by atoms with Crippen LogP contribution < -0.4 is 21.5 Å². The number of nitrogens with one attached hydrogen (secondary N) is 4. The van der Waals surface area contributed by atoms with Crippen LogP contribution in [0.2, 0.25) is 0 Å². The van der Waals surface area contributed by atoms with Gasteiger partial charge in [0.15, 0.2) is 10.7 Å². The van der Waals surface area contributed by atoms with E-state index in [2.05, 4.69) is 28.3 Å². The van der Waals surface area contributed by atoms with Crippen LogP contribution in [-0.2, 0) is 15.1 Å². The summed E-state index contributed by atoms with van der Waals surface area (Å²) in [7, 11) is 1.43. The van der Waals surface area contributed by atoms with Crippen molar-refractivity contribution < 1.29 is 28.2 Å². The molecule has 0 fully saturated rings. The minimum atomic E-state index is -4.23. The summed E-state index contributed by atoms with van der Waals surface area (Å²) < 4.78 is 34.2. The van der Waals surface area contributed by atoms with Crippen molar-refractivity contribution in [2.24, 2.45) is 0 Å². The molecule has 1 unspecified atom stereocenters. The lowest BCUT2D eigenvalue weighted by Crippen LogP contribution is -2.58. The molecule has 1 atom stereocenters. The van der Waals surface area contributed by atoms with Crippen molar-refractivity contribution in [3.63, 3.8) is 0 Å². The van der Waals surface area contributed by atoms with Gasteiger partial charge in [-0.15, -0.1) is 0 Å². The van der Waals surface area contributed by atoms with Crippen molar-refractivity contribution >= 4 is 35.0 Å². The second kappa shape index (κ2) is 8.65. The summed E-state index contributed by atoms with van der Waals surface area (Å²) in [6.07, 6.45) is -0.793. The number of ether oxygens (including phenoxy) is 1. The zero-order valence-corrected chi connectivity index (χ0v) is 17.0. The molecule has 1 aromatic carbocycles. The highest BCUT2D eigenvalue weighted by Gasteiger charge is 2.56. The zero-order valence-electron chi connectivity index (χ0n) is 16.1. The molecule has 156 valence electrons. The number of carbonyl (C=O) groups is 2. The van der Waals surface area contributed by atoms with E-state index in [0.717, 1.165) is 13.0 Å². The molecule has 11 heteroatoms. The molecule has 0 saturated carbocycles. The molecule has 0 aliphatic rings. The van der Waals surface area contributed by atoms with Gasteiger partial charge < -0.3 is 15.2 Å². The van der Waals surface area contributed by atoms with Crippen LogP contribution in [0, 0.1) is 0 Å². The van der Waals surface area contributed by atoms with E-state index in [1.807, 2.05) is 0 Å². The molecular formula is C17H24F2N4O4S. The number of hydrazine groups is 1. The monoisotopic (exact) mass is 418 g/mol. The smallest absolute Gasteiger partial charge is 0.412 e. The van der Waals surface area contributed by atoms with E-state index in [0.29, 0.717) is 0 Å². The maximum Gasteiger partial charge on any atom is 0.412 e. The third-order valence-corrected chi connectivity index (χ3v) is 3.79. The van der Waals surface area contributed by atoms with Crippen LogP contribution in [0.5, 0.6) is 0 Å². The van der Waals surface area contributed by atoms with Crippen LogP contribution in [-0.4, -0.2) is 40.8 Å². The van der Waals surface area contributed by atoms with E-state index < -0.39 is 29.1 Å². The lowest BCUT2D eigenvalue weighted by atomic mass is 9.88. The molecule has 0 aromatic heterocycles. The highest BCUT2D eigenvalue weighted by molar-refractivity contribution is 7.80. The van der Waals surface area contributed by atoms with E-state index in [9.17, 15) is 23.5 Å². The SMILES string of the molecule is CNC(=S)NNC(=O)C(F)(F)C(C)(O)c1cccc(NC(=O)OC(C)(C)C)c1. The van der Waals surface area contributed by atoms with Gasteiger partial charge in [-0.1, -0.05) is 12.1 Å². The Labute approximate surface area is 167 Å². The molecule has 5 N–H and O–H groups in total. The number of amides is 2. The van der Waals surface area contributed by atoms with Crippen LogP contribution in [0.4, 0.5) is 19.3 Å². The predicted octanol–water partition coefficient (Wildman–Crippen LogP) is 2.00. The van der Waals surface area contributed by atoms with Gasteiger partial charge in [-0.05, 0) is 57.6 Å². The van der Waals surface area contributed by atoms with E-state index in [1.54, 1.807) is 26.2 Å². The Morgan fingerprint density at radius 1 is 1.14 bits per heavy atom.